The average Bonchev–Trinajstić information content (AvgIpc) is 2.40. The predicted octanol–water partition coefficient (Wildman–Crippen LogP) is 4.75. The number of hydrogen-bond donors (Lipinski definition) is 0. The molecular weight excluding hydrogens is 269 g/mol. The molecule has 2 aromatic rings. The fraction of sp³-hybridized carbons (Fsp3) is 0.133. The summed E-state index contributed by atoms with van der Waals surface area (Å²) in [6.45, 7) is 3.76. The van der Waals surface area contributed by atoms with Crippen LogP contribution >= 0.6 is 0 Å². The third-order valence-electron chi connectivity index (χ3n) is 2.51. The van der Waals surface area contributed by atoms with E-state index in [1.54, 1.807) is 12.1 Å². The molecule has 0 aliphatic heterocycles. The van der Waals surface area contributed by atoms with E-state index in [2.05, 4.69) is 11.7 Å². The molecule has 0 saturated carbocycles. The quantitative estimate of drug-likeness (QED) is 0.804. The first-order chi connectivity index (χ1) is 9.46. The van der Waals surface area contributed by atoms with Gasteiger partial charge >= 0.3 is 6.36 Å². The highest BCUT2D eigenvalue weighted by molar-refractivity contribution is 5.36. The fourth-order valence-electron chi connectivity index (χ4n) is 1.57. The van der Waals surface area contributed by atoms with Crippen molar-refractivity contribution in [2.75, 3.05) is 0 Å². The minimum atomic E-state index is -4.69. The highest BCUT2D eigenvalue weighted by Gasteiger charge is 2.30. The van der Waals surface area contributed by atoms with E-state index in [0.717, 1.165) is 5.56 Å². The summed E-state index contributed by atoms with van der Waals surface area (Å²) < 4.78 is 45.3. The number of benzene rings is 2. The zero-order chi connectivity index (χ0) is 14.6. The molecule has 0 amide bonds. The first-order valence-corrected chi connectivity index (χ1v) is 5.88. The van der Waals surface area contributed by atoms with Gasteiger partial charge in [-0.3, -0.25) is 0 Å². The van der Waals surface area contributed by atoms with E-state index in [-0.39, 0.29) is 5.75 Å². The van der Waals surface area contributed by atoms with Gasteiger partial charge in [0.05, 0.1) is 0 Å². The Morgan fingerprint density at radius 3 is 1.70 bits per heavy atom. The maximum atomic E-state index is 12.0. The van der Waals surface area contributed by atoms with Gasteiger partial charge in [-0.25, -0.2) is 0 Å². The van der Waals surface area contributed by atoms with Crippen LogP contribution in [0.5, 0.6) is 17.2 Å². The lowest BCUT2D eigenvalue weighted by Gasteiger charge is -2.10. The maximum absolute atomic E-state index is 12.0. The van der Waals surface area contributed by atoms with Crippen molar-refractivity contribution in [3.63, 3.8) is 0 Å². The molecule has 2 rings (SSSR count). The Balaban J connectivity index is 2.02. The van der Waals surface area contributed by atoms with Gasteiger partial charge in [-0.2, -0.15) is 0 Å². The van der Waals surface area contributed by atoms with Gasteiger partial charge in [0.1, 0.15) is 17.2 Å². The van der Waals surface area contributed by atoms with Crippen molar-refractivity contribution in [3.05, 3.63) is 61.0 Å². The molecule has 0 aliphatic rings. The van der Waals surface area contributed by atoms with Crippen molar-refractivity contribution >= 4 is 0 Å². The Morgan fingerprint density at radius 2 is 1.25 bits per heavy atom. The molecule has 1 radical (unpaired) electrons. The molecule has 0 N–H and O–H groups in total. The Labute approximate surface area is 114 Å². The first kappa shape index (κ1) is 14.2. The van der Waals surface area contributed by atoms with Crippen molar-refractivity contribution < 1.29 is 22.6 Å². The van der Waals surface area contributed by atoms with Gasteiger partial charge in [-0.1, -0.05) is 12.1 Å². The van der Waals surface area contributed by atoms with E-state index in [1.165, 1.54) is 24.3 Å². The molecular formula is C15H12F3O2. The second-order valence-corrected chi connectivity index (χ2v) is 4.02. The molecule has 0 aliphatic carbocycles. The molecule has 0 saturated heterocycles. The van der Waals surface area contributed by atoms with Crippen LogP contribution in [0.4, 0.5) is 13.2 Å². The van der Waals surface area contributed by atoms with Crippen LogP contribution in [0, 0.1) is 6.92 Å². The molecule has 2 aromatic carbocycles. The molecule has 0 heterocycles. The van der Waals surface area contributed by atoms with Gasteiger partial charge in [-0.15, -0.1) is 13.2 Å². The third kappa shape index (κ3) is 4.19. The summed E-state index contributed by atoms with van der Waals surface area (Å²) in [5, 5.41) is 0. The van der Waals surface area contributed by atoms with Crippen molar-refractivity contribution in [2.24, 2.45) is 0 Å². The largest absolute Gasteiger partial charge is 0.573 e. The molecule has 0 fully saturated rings. The van der Waals surface area contributed by atoms with Crippen LogP contribution in [0.15, 0.2) is 48.5 Å². The normalized spacial score (nSPS) is 11.2. The Bertz CT molecular complexity index is 545. The summed E-state index contributed by atoms with van der Waals surface area (Å²) in [4.78, 5) is 0. The smallest absolute Gasteiger partial charge is 0.457 e. The molecule has 0 bridgehead atoms. The van der Waals surface area contributed by atoms with Crippen LogP contribution in [-0.2, 0) is 6.42 Å². The number of alkyl halides is 3. The minimum Gasteiger partial charge on any atom is -0.457 e. The monoisotopic (exact) mass is 281 g/mol. The van der Waals surface area contributed by atoms with Crippen LogP contribution in [0.2, 0.25) is 0 Å². The van der Waals surface area contributed by atoms with Gasteiger partial charge in [0.25, 0.3) is 0 Å². The van der Waals surface area contributed by atoms with E-state index < -0.39 is 6.36 Å². The average molecular weight is 281 g/mol. The molecule has 0 unspecified atom stereocenters. The number of rotatable bonds is 4. The Hall–Kier alpha value is -2.17. The summed E-state index contributed by atoms with van der Waals surface area (Å²) in [7, 11) is 0. The third-order valence-corrected chi connectivity index (χ3v) is 2.51. The van der Waals surface area contributed by atoms with Crippen LogP contribution in [0.25, 0.3) is 0 Å². The van der Waals surface area contributed by atoms with Gasteiger partial charge in [0, 0.05) is 0 Å². The molecule has 5 heteroatoms. The second-order valence-electron chi connectivity index (χ2n) is 4.02. The van der Waals surface area contributed by atoms with Crippen molar-refractivity contribution in [2.45, 2.75) is 12.8 Å². The topological polar surface area (TPSA) is 18.5 Å². The maximum Gasteiger partial charge on any atom is 0.573 e. The van der Waals surface area contributed by atoms with E-state index >= 15 is 0 Å². The Kier molecular flexibility index (Phi) is 4.17. The number of ether oxygens (including phenoxy) is 2. The summed E-state index contributed by atoms with van der Waals surface area (Å²) in [5.74, 6) is 0.755. The van der Waals surface area contributed by atoms with Crippen molar-refractivity contribution in [1.82, 2.24) is 0 Å². The van der Waals surface area contributed by atoms with Crippen LogP contribution < -0.4 is 9.47 Å². The Morgan fingerprint density at radius 1 is 0.800 bits per heavy atom. The molecule has 0 atom stereocenters. The summed E-state index contributed by atoms with van der Waals surface area (Å²) in [6, 6.07) is 12.5. The van der Waals surface area contributed by atoms with E-state index in [0.29, 0.717) is 17.9 Å². The lowest BCUT2D eigenvalue weighted by atomic mass is 10.2. The second kappa shape index (κ2) is 5.86. The summed E-state index contributed by atoms with van der Waals surface area (Å²) in [6.07, 6.45) is -4.00. The predicted molar refractivity (Wildman–Crippen MR) is 68.7 cm³/mol. The molecule has 2 nitrogen and oxygen atoms in total. The number of halogens is 3. The van der Waals surface area contributed by atoms with Crippen LogP contribution in [0.3, 0.4) is 0 Å². The lowest BCUT2D eigenvalue weighted by molar-refractivity contribution is -0.274. The fourth-order valence-corrected chi connectivity index (χ4v) is 1.57. The molecule has 0 aromatic heterocycles. The lowest BCUT2D eigenvalue weighted by Crippen LogP contribution is -2.16. The van der Waals surface area contributed by atoms with E-state index in [4.69, 9.17) is 4.74 Å². The SMILES string of the molecule is [CH2]Cc1ccc(Oc2ccc(OC(F)(F)F)cc2)cc1. The first-order valence-electron chi connectivity index (χ1n) is 5.88. The highest BCUT2D eigenvalue weighted by atomic mass is 19.4. The van der Waals surface area contributed by atoms with Crippen LogP contribution in [0.1, 0.15) is 5.56 Å². The molecule has 105 valence electrons. The molecule has 20 heavy (non-hydrogen) atoms. The van der Waals surface area contributed by atoms with E-state index in [1.807, 2.05) is 12.1 Å². The van der Waals surface area contributed by atoms with Crippen LogP contribution in [-0.4, -0.2) is 6.36 Å². The van der Waals surface area contributed by atoms with Gasteiger partial charge in [0.15, 0.2) is 0 Å². The summed E-state index contributed by atoms with van der Waals surface area (Å²) in [5.41, 5.74) is 1.08. The van der Waals surface area contributed by atoms with Crippen molar-refractivity contribution in [3.8, 4) is 17.2 Å². The number of hydrogen-bond acceptors (Lipinski definition) is 2. The van der Waals surface area contributed by atoms with Gasteiger partial charge in [0.2, 0.25) is 0 Å². The van der Waals surface area contributed by atoms with Gasteiger partial charge < -0.3 is 9.47 Å². The molecule has 0 spiro atoms. The summed E-state index contributed by atoms with van der Waals surface area (Å²) >= 11 is 0. The minimum absolute atomic E-state index is 0.280. The van der Waals surface area contributed by atoms with Crippen molar-refractivity contribution in [1.29, 1.82) is 0 Å². The van der Waals surface area contributed by atoms with Gasteiger partial charge in [-0.05, 0) is 55.3 Å². The zero-order valence-electron chi connectivity index (χ0n) is 10.5. The highest BCUT2D eigenvalue weighted by Crippen LogP contribution is 2.27. The standard InChI is InChI=1S/C15H12F3O2/c1-2-11-3-5-12(6-4-11)19-13-7-9-14(10-8-13)20-15(16,17)18/h3-10H,1-2H2. The van der Waals surface area contributed by atoms with E-state index in [9.17, 15) is 13.2 Å². The zero-order valence-corrected chi connectivity index (χ0v) is 10.5.